The molecule has 2 aliphatic rings. The fourth-order valence-electron chi connectivity index (χ4n) is 2.98. The number of carbonyl (C=O) groups is 1. The minimum Gasteiger partial charge on any atom is -0.349 e. The van der Waals surface area contributed by atoms with Crippen LogP contribution >= 0.6 is 0 Å². The molecule has 148 valence electrons. The van der Waals surface area contributed by atoms with E-state index in [1.54, 1.807) is 24.3 Å². The maximum absolute atomic E-state index is 13.5. The number of hydrogen-bond donors (Lipinski definition) is 1. The van der Waals surface area contributed by atoms with Crippen LogP contribution in [0.2, 0.25) is 0 Å². The van der Waals surface area contributed by atoms with E-state index in [2.05, 4.69) is 5.32 Å². The van der Waals surface area contributed by atoms with Crippen molar-refractivity contribution in [3.05, 3.63) is 65.2 Å². The SMILES string of the molecule is O=C(NC1CC1)c1ccc(CN(C2CC2)S(=O)(=O)c2ccc(F)c(F)c2)cc1. The van der Waals surface area contributed by atoms with E-state index in [4.69, 9.17) is 0 Å². The first kappa shape index (κ1) is 19.0. The highest BCUT2D eigenvalue weighted by Gasteiger charge is 2.38. The summed E-state index contributed by atoms with van der Waals surface area (Å²) in [4.78, 5) is 11.8. The molecule has 0 unspecified atom stereocenters. The molecule has 0 saturated heterocycles. The number of nitrogens with one attached hydrogen (secondary N) is 1. The molecule has 2 aromatic rings. The van der Waals surface area contributed by atoms with Crippen molar-refractivity contribution in [1.82, 2.24) is 9.62 Å². The molecule has 28 heavy (non-hydrogen) atoms. The smallest absolute Gasteiger partial charge is 0.251 e. The zero-order valence-corrected chi connectivity index (χ0v) is 15.9. The zero-order valence-electron chi connectivity index (χ0n) is 15.1. The molecule has 0 bridgehead atoms. The summed E-state index contributed by atoms with van der Waals surface area (Å²) < 4.78 is 53.9. The van der Waals surface area contributed by atoms with Crippen molar-refractivity contribution in [1.29, 1.82) is 0 Å². The van der Waals surface area contributed by atoms with Crippen molar-refractivity contribution in [3.63, 3.8) is 0 Å². The Labute approximate surface area is 162 Å². The Morgan fingerprint density at radius 3 is 2.25 bits per heavy atom. The largest absolute Gasteiger partial charge is 0.349 e. The van der Waals surface area contributed by atoms with Crippen molar-refractivity contribution < 1.29 is 22.0 Å². The van der Waals surface area contributed by atoms with Gasteiger partial charge in [0.05, 0.1) is 4.90 Å². The highest BCUT2D eigenvalue weighted by molar-refractivity contribution is 7.89. The van der Waals surface area contributed by atoms with E-state index in [0.29, 0.717) is 11.6 Å². The Balaban J connectivity index is 1.53. The molecular weight excluding hydrogens is 386 g/mol. The Morgan fingerprint density at radius 2 is 1.68 bits per heavy atom. The topological polar surface area (TPSA) is 66.5 Å². The predicted octanol–water partition coefficient (Wildman–Crippen LogP) is 3.21. The standard InChI is InChI=1S/C20H20F2N2O3S/c21-18-10-9-17(11-19(18)22)28(26,27)24(16-7-8-16)12-13-1-3-14(4-2-13)20(25)23-15-5-6-15/h1-4,9-11,15-16H,5-8,12H2,(H,23,25). The van der Waals surface area contributed by atoms with E-state index in [0.717, 1.165) is 43.4 Å². The van der Waals surface area contributed by atoms with Crippen LogP contribution in [0.3, 0.4) is 0 Å². The Bertz CT molecular complexity index is 1000. The maximum Gasteiger partial charge on any atom is 0.251 e. The quantitative estimate of drug-likeness (QED) is 0.768. The molecule has 2 aliphatic carbocycles. The van der Waals surface area contributed by atoms with Gasteiger partial charge in [0.1, 0.15) is 0 Å². The molecular formula is C20H20F2N2O3S. The van der Waals surface area contributed by atoms with Crippen LogP contribution in [0.5, 0.6) is 0 Å². The zero-order chi connectivity index (χ0) is 19.9. The summed E-state index contributed by atoms with van der Waals surface area (Å²) in [5, 5.41) is 2.90. The number of benzene rings is 2. The fraction of sp³-hybridized carbons (Fsp3) is 0.350. The Morgan fingerprint density at radius 1 is 1.00 bits per heavy atom. The Kier molecular flexibility index (Phi) is 4.93. The van der Waals surface area contributed by atoms with Gasteiger partial charge in [-0.2, -0.15) is 4.31 Å². The molecule has 0 aliphatic heterocycles. The summed E-state index contributed by atoms with van der Waals surface area (Å²) in [6.07, 6.45) is 3.46. The van der Waals surface area contributed by atoms with Crippen molar-refractivity contribution in [2.45, 2.75) is 49.2 Å². The molecule has 2 aromatic carbocycles. The molecule has 5 nitrogen and oxygen atoms in total. The number of amides is 1. The van der Waals surface area contributed by atoms with E-state index in [1.807, 2.05) is 0 Å². The fourth-order valence-corrected chi connectivity index (χ4v) is 4.67. The van der Waals surface area contributed by atoms with Crippen molar-refractivity contribution in [2.24, 2.45) is 0 Å². The van der Waals surface area contributed by atoms with E-state index in [-0.39, 0.29) is 29.4 Å². The van der Waals surface area contributed by atoms with Gasteiger partial charge in [-0.05, 0) is 61.6 Å². The van der Waals surface area contributed by atoms with Gasteiger partial charge in [-0.3, -0.25) is 4.79 Å². The van der Waals surface area contributed by atoms with E-state index >= 15 is 0 Å². The third-order valence-corrected chi connectivity index (χ3v) is 6.81. The monoisotopic (exact) mass is 406 g/mol. The van der Waals surface area contributed by atoms with Crippen molar-refractivity contribution in [3.8, 4) is 0 Å². The first-order valence-electron chi connectivity index (χ1n) is 9.21. The average Bonchev–Trinajstić information content (AvgIpc) is 3.57. The molecule has 8 heteroatoms. The lowest BCUT2D eigenvalue weighted by molar-refractivity contribution is 0.0951. The summed E-state index contributed by atoms with van der Waals surface area (Å²) in [5.74, 6) is -2.41. The number of carbonyl (C=O) groups excluding carboxylic acids is 1. The lowest BCUT2D eigenvalue weighted by Crippen LogP contribution is -2.32. The van der Waals surface area contributed by atoms with Gasteiger partial charge in [-0.25, -0.2) is 17.2 Å². The molecule has 2 saturated carbocycles. The highest BCUT2D eigenvalue weighted by atomic mass is 32.2. The third kappa shape index (κ3) is 4.07. The minimum absolute atomic E-state index is 0.108. The molecule has 4 rings (SSSR count). The Hall–Kier alpha value is -2.32. The molecule has 0 radical (unpaired) electrons. The molecule has 2 fully saturated rings. The van der Waals surface area contributed by atoms with E-state index in [1.165, 1.54) is 4.31 Å². The van der Waals surface area contributed by atoms with E-state index in [9.17, 15) is 22.0 Å². The van der Waals surface area contributed by atoms with E-state index < -0.39 is 21.7 Å². The molecule has 1 amide bonds. The maximum atomic E-state index is 13.5. The lowest BCUT2D eigenvalue weighted by Gasteiger charge is -2.22. The number of rotatable bonds is 7. The first-order valence-corrected chi connectivity index (χ1v) is 10.7. The van der Waals surface area contributed by atoms with Gasteiger partial charge >= 0.3 is 0 Å². The summed E-state index contributed by atoms with van der Waals surface area (Å²) >= 11 is 0. The van der Waals surface area contributed by atoms with Gasteiger partial charge in [0.2, 0.25) is 10.0 Å². The molecule has 0 atom stereocenters. The van der Waals surface area contributed by atoms with Crippen LogP contribution in [0.4, 0.5) is 8.78 Å². The van der Waals surface area contributed by atoms with Crippen LogP contribution < -0.4 is 5.32 Å². The first-order chi connectivity index (χ1) is 13.3. The number of sulfonamides is 1. The van der Waals surface area contributed by atoms with Crippen LogP contribution in [0, 0.1) is 11.6 Å². The van der Waals surface area contributed by atoms with Crippen LogP contribution in [0.15, 0.2) is 47.4 Å². The van der Waals surface area contributed by atoms with Gasteiger partial charge in [0.15, 0.2) is 11.6 Å². The van der Waals surface area contributed by atoms with Crippen molar-refractivity contribution >= 4 is 15.9 Å². The number of halogens is 2. The van der Waals surface area contributed by atoms with Gasteiger partial charge in [-0.1, -0.05) is 12.1 Å². The van der Waals surface area contributed by atoms with Crippen LogP contribution in [0.25, 0.3) is 0 Å². The molecule has 0 spiro atoms. The highest BCUT2D eigenvalue weighted by Crippen LogP contribution is 2.34. The van der Waals surface area contributed by atoms with Gasteiger partial charge in [0, 0.05) is 24.2 Å². The molecule has 1 N–H and O–H groups in total. The van der Waals surface area contributed by atoms with Gasteiger partial charge < -0.3 is 5.32 Å². The van der Waals surface area contributed by atoms with Crippen LogP contribution in [-0.2, 0) is 16.6 Å². The predicted molar refractivity (Wildman–Crippen MR) is 99.0 cm³/mol. The van der Waals surface area contributed by atoms with Crippen LogP contribution in [0.1, 0.15) is 41.6 Å². The lowest BCUT2D eigenvalue weighted by atomic mass is 10.1. The van der Waals surface area contributed by atoms with Crippen molar-refractivity contribution in [2.75, 3.05) is 0 Å². The number of nitrogens with zero attached hydrogens (tertiary/aromatic N) is 1. The number of hydrogen-bond acceptors (Lipinski definition) is 3. The summed E-state index contributed by atoms with van der Waals surface area (Å²) in [5.41, 5.74) is 1.25. The third-order valence-electron chi connectivity index (χ3n) is 4.92. The van der Waals surface area contributed by atoms with Gasteiger partial charge in [-0.15, -0.1) is 0 Å². The normalized spacial score (nSPS) is 17.0. The van der Waals surface area contributed by atoms with Gasteiger partial charge in [0.25, 0.3) is 5.91 Å². The molecule has 0 heterocycles. The summed E-state index contributed by atoms with van der Waals surface area (Å²) in [6.45, 7) is 0.108. The second-order valence-corrected chi connectivity index (χ2v) is 9.19. The average molecular weight is 406 g/mol. The minimum atomic E-state index is -3.96. The summed E-state index contributed by atoms with van der Waals surface area (Å²) in [7, 11) is -3.96. The second-order valence-electron chi connectivity index (χ2n) is 7.30. The molecule has 0 aromatic heterocycles. The van der Waals surface area contributed by atoms with Crippen LogP contribution in [-0.4, -0.2) is 30.7 Å². The second kappa shape index (κ2) is 7.25. The summed E-state index contributed by atoms with van der Waals surface area (Å²) in [6, 6.07) is 9.50.